The molecule has 0 bridgehead atoms. The Bertz CT molecular complexity index is 2270. The molecule has 4 heterocycles. The number of carboxylic acid groups (broad SMARTS) is 1. The zero-order chi connectivity index (χ0) is 34.6. The molecule has 3 aromatic carbocycles. The Morgan fingerprint density at radius 1 is 1.00 bits per heavy atom. The van der Waals surface area contributed by atoms with Crippen molar-refractivity contribution in [2.24, 2.45) is 0 Å². The Morgan fingerprint density at radius 3 is 2.49 bits per heavy atom. The molecule has 9 nitrogen and oxygen atoms in total. The summed E-state index contributed by atoms with van der Waals surface area (Å²) in [5, 5.41) is 20.3. The predicted octanol–water partition coefficient (Wildman–Crippen LogP) is 8.88. The highest BCUT2D eigenvalue weighted by atomic mass is 35.5. The highest BCUT2D eigenvalue weighted by molar-refractivity contribution is 6.35. The third kappa shape index (κ3) is 5.60. The Morgan fingerprint density at radius 2 is 1.78 bits per heavy atom. The second-order valence-electron chi connectivity index (χ2n) is 12.6. The molecule has 6 aromatic rings. The number of carboxylic acids is 1. The molecule has 11 heteroatoms. The summed E-state index contributed by atoms with van der Waals surface area (Å²) in [7, 11) is 0. The van der Waals surface area contributed by atoms with E-state index < -0.39 is 5.97 Å². The van der Waals surface area contributed by atoms with Crippen LogP contribution in [0.4, 0.5) is 5.69 Å². The lowest BCUT2D eigenvalue weighted by Gasteiger charge is -2.23. The topological polar surface area (TPSA) is 113 Å². The van der Waals surface area contributed by atoms with Crippen molar-refractivity contribution in [3.05, 3.63) is 104 Å². The van der Waals surface area contributed by atoms with Crippen molar-refractivity contribution in [3.8, 4) is 16.9 Å². The number of aromatic carboxylic acids is 1. The summed E-state index contributed by atoms with van der Waals surface area (Å²) in [6.07, 6.45) is 3.47. The molecule has 1 amide bonds. The van der Waals surface area contributed by atoms with E-state index >= 15 is 0 Å². The molecule has 7 rings (SSSR count). The number of aromatic amines is 1. The number of fused-ring (bicyclic) bond motifs is 4. The molecule has 0 aliphatic carbocycles. The zero-order valence-electron chi connectivity index (χ0n) is 27.7. The van der Waals surface area contributed by atoms with Crippen molar-refractivity contribution in [2.45, 2.75) is 53.5 Å². The summed E-state index contributed by atoms with van der Waals surface area (Å²) in [6.45, 7) is 9.31. The summed E-state index contributed by atoms with van der Waals surface area (Å²) in [5.41, 5.74) is 8.87. The van der Waals surface area contributed by atoms with Gasteiger partial charge in [0.2, 0.25) is 0 Å². The number of pyridine rings is 1. The number of hydrogen-bond acceptors (Lipinski definition) is 5. The van der Waals surface area contributed by atoms with Crippen LogP contribution in [-0.4, -0.2) is 49.9 Å². The molecule has 49 heavy (non-hydrogen) atoms. The first-order valence-corrected chi connectivity index (χ1v) is 17.0. The van der Waals surface area contributed by atoms with E-state index in [0.29, 0.717) is 66.3 Å². The van der Waals surface area contributed by atoms with Crippen molar-refractivity contribution in [1.29, 1.82) is 0 Å². The van der Waals surface area contributed by atoms with E-state index in [0.717, 1.165) is 60.9 Å². The number of ether oxygens (including phenoxy) is 1. The Hall–Kier alpha value is -4.86. The van der Waals surface area contributed by atoms with Crippen LogP contribution in [0.25, 0.3) is 32.9 Å². The van der Waals surface area contributed by atoms with Crippen LogP contribution < -0.4 is 9.64 Å². The number of hydrogen-bond donors (Lipinski definition) is 2. The standard InChI is InChI=1S/C38H35Cl2N5O4/c1-20-18-24(19-21(2)33(20)40)49-17-6-9-25-26-10-12-29(39)32(31-22(3)42-43-23(31)4)35(26)45-16-7-15-44(37(46)36(25)45)30-13-11-28(38(47)48)34-27(30)8-5-14-41-34/h5,8,10-14,18-19H,6-7,9,15-17H2,1-4H3,(H,42,43)(H,47,48). The van der Waals surface area contributed by atoms with E-state index in [1.54, 1.807) is 23.2 Å². The zero-order valence-corrected chi connectivity index (χ0v) is 29.2. The maximum Gasteiger partial charge on any atom is 0.337 e. The van der Waals surface area contributed by atoms with Gasteiger partial charge in [-0.25, -0.2) is 4.79 Å². The fourth-order valence-electron chi connectivity index (χ4n) is 7.21. The van der Waals surface area contributed by atoms with Gasteiger partial charge >= 0.3 is 5.97 Å². The molecule has 0 spiro atoms. The van der Waals surface area contributed by atoms with Crippen molar-refractivity contribution < 1.29 is 19.4 Å². The maximum absolute atomic E-state index is 14.9. The average Bonchev–Trinajstić information content (AvgIpc) is 3.51. The van der Waals surface area contributed by atoms with Gasteiger partial charge < -0.3 is 19.3 Å². The maximum atomic E-state index is 14.9. The predicted molar refractivity (Wildman–Crippen MR) is 194 cm³/mol. The number of benzene rings is 3. The minimum Gasteiger partial charge on any atom is -0.494 e. The van der Waals surface area contributed by atoms with Gasteiger partial charge in [-0.05, 0) is 106 Å². The number of amides is 1. The summed E-state index contributed by atoms with van der Waals surface area (Å²) in [4.78, 5) is 33.1. The normalized spacial score (nSPS) is 13.3. The number of aryl methyl sites for hydroxylation is 6. The van der Waals surface area contributed by atoms with Gasteiger partial charge in [0, 0.05) is 51.9 Å². The van der Waals surface area contributed by atoms with Gasteiger partial charge in [-0.1, -0.05) is 29.3 Å². The number of carbonyl (C=O) groups is 2. The van der Waals surface area contributed by atoms with Gasteiger partial charge in [-0.2, -0.15) is 5.10 Å². The fourth-order valence-corrected chi connectivity index (χ4v) is 7.57. The van der Waals surface area contributed by atoms with E-state index in [1.165, 1.54) is 6.07 Å². The monoisotopic (exact) mass is 695 g/mol. The smallest absolute Gasteiger partial charge is 0.337 e. The number of aromatic nitrogens is 4. The van der Waals surface area contributed by atoms with Crippen LogP contribution in [0.5, 0.6) is 5.75 Å². The summed E-state index contributed by atoms with van der Waals surface area (Å²) >= 11 is 13.4. The Labute approximate surface area is 293 Å². The van der Waals surface area contributed by atoms with Gasteiger partial charge in [-0.3, -0.25) is 14.9 Å². The van der Waals surface area contributed by atoms with Crippen LogP contribution in [0.3, 0.4) is 0 Å². The minimum atomic E-state index is -1.07. The molecule has 3 aromatic heterocycles. The average molecular weight is 697 g/mol. The number of halogens is 2. The molecule has 0 fully saturated rings. The SMILES string of the molecule is Cc1cc(OCCCc2c3n(c4c(-c5c(C)n[nH]c5C)c(Cl)ccc24)CCCN(c2ccc(C(=O)O)c4ncccc24)C3=O)cc(C)c1Cl. The lowest BCUT2D eigenvalue weighted by Crippen LogP contribution is -2.32. The summed E-state index contributed by atoms with van der Waals surface area (Å²) in [6, 6.07) is 14.6. The first-order valence-electron chi connectivity index (χ1n) is 16.2. The van der Waals surface area contributed by atoms with Crippen LogP contribution in [0.1, 0.15) is 61.8 Å². The number of anilines is 1. The van der Waals surface area contributed by atoms with E-state index in [-0.39, 0.29) is 11.5 Å². The van der Waals surface area contributed by atoms with E-state index in [2.05, 4.69) is 19.7 Å². The van der Waals surface area contributed by atoms with Crippen LogP contribution in [-0.2, 0) is 13.0 Å². The van der Waals surface area contributed by atoms with Crippen molar-refractivity contribution in [1.82, 2.24) is 19.7 Å². The number of H-pyrrole nitrogens is 1. The lowest BCUT2D eigenvalue weighted by atomic mass is 9.98. The van der Waals surface area contributed by atoms with Crippen LogP contribution in [0.2, 0.25) is 10.0 Å². The first kappa shape index (κ1) is 32.7. The van der Waals surface area contributed by atoms with Crippen molar-refractivity contribution in [3.63, 3.8) is 0 Å². The van der Waals surface area contributed by atoms with E-state index in [1.807, 2.05) is 58.0 Å². The minimum absolute atomic E-state index is 0.0904. The van der Waals surface area contributed by atoms with E-state index in [9.17, 15) is 14.7 Å². The molecule has 0 saturated heterocycles. The largest absolute Gasteiger partial charge is 0.494 e. The first-order chi connectivity index (χ1) is 23.6. The molecule has 2 N–H and O–H groups in total. The molecule has 1 aliphatic rings. The van der Waals surface area contributed by atoms with Gasteiger partial charge in [0.25, 0.3) is 5.91 Å². The number of nitrogens with zero attached hydrogens (tertiary/aromatic N) is 4. The fraction of sp³-hybridized carbons (Fsp3) is 0.263. The second-order valence-corrected chi connectivity index (χ2v) is 13.4. The number of rotatable bonds is 8. The molecule has 0 atom stereocenters. The van der Waals surface area contributed by atoms with Gasteiger partial charge in [-0.15, -0.1) is 0 Å². The van der Waals surface area contributed by atoms with Gasteiger partial charge in [0.1, 0.15) is 11.4 Å². The second kappa shape index (κ2) is 12.9. The van der Waals surface area contributed by atoms with Crippen molar-refractivity contribution >= 4 is 62.6 Å². The lowest BCUT2D eigenvalue weighted by molar-refractivity contribution is 0.0698. The number of carbonyl (C=O) groups excluding carboxylic acids is 1. The summed E-state index contributed by atoms with van der Waals surface area (Å²) in [5.74, 6) is -0.475. The van der Waals surface area contributed by atoms with Crippen LogP contribution in [0, 0.1) is 27.7 Å². The molecule has 0 saturated carbocycles. The Balaban J connectivity index is 1.36. The highest BCUT2D eigenvalue weighted by Crippen LogP contribution is 2.43. The molecule has 0 radical (unpaired) electrons. The number of nitrogens with one attached hydrogen (secondary N) is 1. The van der Waals surface area contributed by atoms with Crippen LogP contribution in [0.15, 0.2) is 54.7 Å². The highest BCUT2D eigenvalue weighted by Gasteiger charge is 2.33. The third-order valence-corrected chi connectivity index (χ3v) is 10.3. The van der Waals surface area contributed by atoms with Gasteiger partial charge in [0.15, 0.2) is 0 Å². The van der Waals surface area contributed by atoms with E-state index in [4.69, 9.17) is 27.9 Å². The summed E-state index contributed by atoms with van der Waals surface area (Å²) < 4.78 is 8.31. The van der Waals surface area contributed by atoms with Gasteiger partial charge in [0.05, 0.1) is 39.6 Å². The molecule has 0 unspecified atom stereocenters. The third-order valence-electron chi connectivity index (χ3n) is 9.38. The molecular weight excluding hydrogens is 661 g/mol. The molecule has 1 aliphatic heterocycles. The quantitative estimate of drug-likeness (QED) is 0.154. The van der Waals surface area contributed by atoms with Crippen molar-refractivity contribution in [2.75, 3.05) is 18.1 Å². The van der Waals surface area contributed by atoms with Crippen LogP contribution >= 0.6 is 23.2 Å². The molecule has 250 valence electrons. The Kier molecular flexibility index (Phi) is 8.58. The molecular formula is C38H35Cl2N5O4.